The van der Waals surface area contributed by atoms with Crippen molar-refractivity contribution in [1.82, 2.24) is 4.98 Å². The van der Waals surface area contributed by atoms with Crippen molar-refractivity contribution < 1.29 is 14.3 Å². The van der Waals surface area contributed by atoms with Gasteiger partial charge in [0.1, 0.15) is 22.7 Å². The number of amides is 1. The number of para-hydroxylation sites is 1. The number of hydrogen-bond donors (Lipinski definition) is 1. The molecule has 1 amide bonds. The summed E-state index contributed by atoms with van der Waals surface area (Å²) in [5.74, 6) is 0.612. The Morgan fingerprint density at radius 1 is 1.21 bits per heavy atom. The Bertz CT molecular complexity index is 611. The number of hydrogen-bond acceptors (Lipinski definition) is 4. The molecule has 0 atom stereocenters. The number of fused-ring (bicyclic) bond motifs is 1. The lowest BCUT2D eigenvalue weighted by Crippen LogP contribution is -2.13. The normalized spacial score (nSPS) is 10.4. The summed E-state index contributed by atoms with van der Waals surface area (Å²) in [6.45, 7) is 4.78. The number of carbonyl (C=O) groups is 1. The molecule has 2 aromatic rings. The number of aromatic nitrogens is 1. The number of nitrogens with two attached hydrogens (primary N) is 1. The van der Waals surface area contributed by atoms with Gasteiger partial charge in [-0.05, 0) is 26.0 Å². The molecule has 0 bridgehead atoms. The maximum atomic E-state index is 11.3. The second kappa shape index (κ2) is 5.56. The molecule has 1 aromatic heterocycles. The number of primary amides is 1. The van der Waals surface area contributed by atoms with Crippen molar-refractivity contribution in [2.75, 3.05) is 13.2 Å². The number of ether oxygens (including phenoxy) is 2. The lowest BCUT2D eigenvalue weighted by Gasteiger charge is -2.11. The monoisotopic (exact) mass is 260 g/mol. The molecule has 2 rings (SSSR count). The second-order valence-corrected chi connectivity index (χ2v) is 3.89. The number of rotatable bonds is 5. The van der Waals surface area contributed by atoms with Crippen LogP contribution in [0.1, 0.15) is 24.3 Å². The van der Waals surface area contributed by atoms with Crippen LogP contribution < -0.4 is 15.2 Å². The molecule has 0 saturated heterocycles. The van der Waals surface area contributed by atoms with Crippen LogP contribution in [0.25, 0.3) is 10.9 Å². The molecule has 2 N–H and O–H groups in total. The van der Waals surface area contributed by atoms with Crippen LogP contribution in [0.2, 0.25) is 0 Å². The third kappa shape index (κ3) is 2.59. The molecule has 0 saturated carbocycles. The lowest BCUT2D eigenvalue weighted by atomic mass is 10.1. The SMILES string of the molecule is CCOc1cc(C(N)=O)nc2c(OCC)cccc12. The van der Waals surface area contributed by atoms with E-state index in [1.165, 1.54) is 0 Å². The van der Waals surface area contributed by atoms with Crippen LogP contribution in [0.15, 0.2) is 24.3 Å². The van der Waals surface area contributed by atoms with Crippen LogP contribution in [0, 0.1) is 0 Å². The van der Waals surface area contributed by atoms with Gasteiger partial charge in [0.2, 0.25) is 0 Å². The highest BCUT2D eigenvalue weighted by Crippen LogP contribution is 2.31. The zero-order valence-electron chi connectivity index (χ0n) is 11.0. The first kappa shape index (κ1) is 13.1. The molecule has 0 spiro atoms. The van der Waals surface area contributed by atoms with Crippen LogP contribution in [0.5, 0.6) is 11.5 Å². The predicted molar refractivity (Wildman–Crippen MR) is 72.6 cm³/mol. The quantitative estimate of drug-likeness (QED) is 0.893. The first-order chi connectivity index (χ1) is 9.17. The van der Waals surface area contributed by atoms with Gasteiger partial charge in [0, 0.05) is 11.5 Å². The molecule has 0 radical (unpaired) electrons. The number of pyridine rings is 1. The van der Waals surface area contributed by atoms with Crippen LogP contribution in [-0.4, -0.2) is 24.1 Å². The van der Waals surface area contributed by atoms with E-state index in [0.29, 0.717) is 30.2 Å². The molecule has 100 valence electrons. The first-order valence-electron chi connectivity index (χ1n) is 6.16. The molecule has 0 aliphatic rings. The molecular formula is C14H16N2O3. The van der Waals surface area contributed by atoms with Crippen LogP contribution in [0.3, 0.4) is 0 Å². The zero-order valence-corrected chi connectivity index (χ0v) is 11.0. The van der Waals surface area contributed by atoms with Gasteiger partial charge in [-0.15, -0.1) is 0 Å². The van der Waals surface area contributed by atoms with E-state index < -0.39 is 5.91 Å². The molecule has 1 heterocycles. The summed E-state index contributed by atoms with van der Waals surface area (Å²) >= 11 is 0. The zero-order chi connectivity index (χ0) is 13.8. The third-order valence-electron chi connectivity index (χ3n) is 2.62. The highest BCUT2D eigenvalue weighted by atomic mass is 16.5. The van der Waals surface area contributed by atoms with E-state index in [1.807, 2.05) is 26.0 Å². The van der Waals surface area contributed by atoms with Crippen molar-refractivity contribution >= 4 is 16.8 Å². The van der Waals surface area contributed by atoms with Gasteiger partial charge in [-0.25, -0.2) is 4.98 Å². The van der Waals surface area contributed by atoms with Crippen molar-refractivity contribution in [3.05, 3.63) is 30.0 Å². The Balaban J connectivity index is 2.71. The molecule has 5 heteroatoms. The topological polar surface area (TPSA) is 74.4 Å². The standard InChI is InChI=1S/C14H16N2O3/c1-3-18-11-7-5-6-9-12(19-4-2)8-10(14(15)17)16-13(9)11/h5-8H,3-4H2,1-2H3,(H2,15,17). The largest absolute Gasteiger partial charge is 0.493 e. The van der Waals surface area contributed by atoms with Crippen LogP contribution in [-0.2, 0) is 0 Å². The summed E-state index contributed by atoms with van der Waals surface area (Å²) < 4.78 is 11.1. The summed E-state index contributed by atoms with van der Waals surface area (Å²) in [5, 5.41) is 0.804. The average molecular weight is 260 g/mol. The molecule has 0 unspecified atom stereocenters. The van der Waals surface area contributed by atoms with Gasteiger partial charge in [0.25, 0.3) is 5.91 Å². The average Bonchev–Trinajstić information content (AvgIpc) is 2.40. The predicted octanol–water partition coefficient (Wildman–Crippen LogP) is 2.13. The third-order valence-corrected chi connectivity index (χ3v) is 2.62. The Morgan fingerprint density at radius 2 is 1.89 bits per heavy atom. The van der Waals surface area contributed by atoms with E-state index in [9.17, 15) is 4.79 Å². The Morgan fingerprint density at radius 3 is 2.53 bits per heavy atom. The highest BCUT2D eigenvalue weighted by molar-refractivity contribution is 5.97. The molecule has 5 nitrogen and oxygen atoms in total. The van der Waals surface area contributed by atoms with Gasteiger partial charge < -0.3 is 15.2 Å². The minimum atomic E-state index is -0.589. The van der Waals surface area contributed by atoms with Gasteiger partial charge in [-0.2, -0.15) is 0 Å². The van der Waals surface area contributed by atoms with Gasteiger partial charge in [0.05, 0.1) is 13.2 Å². The second-order valence-electron chi connectivity index (χ2n) is 3.89. The van der Waals surface area contributed by atoms with Gasteiger partial charge in [-0.3, -0.25) is 4.79 Å². The Labute approximate surface area is 111 Å². The maximum absolute atomic E-state index is 11.3. The fraction of sp³-hybridized carbons (Fsp3) is 0.286. The van der Waals surface area contributed by atoms with E-state index in [1.54, 1.807) is 12.1 Å². The van der Waals surface area contributed by atoms with Crippen molar-refractivity contribution in [2.45, 2.75) is 13.8 Å². The smallest absolute Gasteiger partial charge is 0.267 e. The van der Waals surface area contributed by atoms with E-state index >= 15 is 0 Å². The van der Waals surface area contributed by atoms with Crippen molar-refractivity contribution in [2.24, 2.45) is 5.73 Å². The summed E-state index contributed by atoms with van der Waals surface area (Å²) in [6.07, 6.45) is 0. The van der Waals surface area contributed by atoms with Crippen LogP contribution >= 0.6 is 0 Å². The molecule has 19 heavy (non-hydrogen) atoms. The maximum Gasteiger partial charge on any atom is 0.267 e. The Hall–Kier alpha value is -2.30. The number of benzene rings is 1. The summed E-state index contributed by atoms with van der Waals surface area (Å²) in [7, 11) is 0. The molecule has 0 aliphatic carbocycles. The summed E-state index contributed by atoms with van der Waals surface area (Å²) in [6, 6.07) is 7.10. The Kier molecular flexibility index (Phi) is 3.85. The van der Waals surface area contributed by atoms with Gasteiger partial charge >= 0.3 is 0 Å². The minimum absolute atomic E-state index is 0.170. The molecular weight excluding hydrogens is 244 g/mol. The van der Waals surface area contributed by atoms with Crippen molar-refractivity contribution in [3.8, 4) is 11.5 Å². The van der Waals surface area contributed by atoms with Gasteiger partial charge in [-0.1, -0.05) is 6.07 Å². The van der Waals surface area contributed by atoms with Gasteiger partial charge in [0.15, 0.2) is 0 Å². The van der Waals surface area contributed by atoms with Crippen molar-refractivity contribution in [3.63, 3.8) is 0 Å². The molecule has 0 fully saturated rings. The molecule has 1 aromatic carbocycles. The number of carbonyl (C=O) groups excluding carboxylic acids is 1. The lowest BCUT2D eigenvalue weighted by molar-refractivity contribution is 0.0995. The summed E-state index contributed by atoms with van der Waals surface area (Å²) in [5.41, 5.74) is 6.05. The first-order valence-corrected chi connectivity index (χ1v) is 6.16. The van der Waals surface area contributed by atoms with E-state index in [0.717, 1.165) is 5.39 Å². The van der Waals surface area contributed by atoms with E-state index in [4.69, 9.17) is 15.2 Å². The van der Waals surface area contributed by atoms with Crippen LogP contribution in [0.4, 0.5) is 0 Å². The minimum Gasteiger partial charge on any atom is -0.493 e. The summed E-state index contributed by atoms with van der Waals surface area (Å²) in [4.78, 5) is 15.6. The fourth-order valence-electron chi connectivity index (χ4n) is 1.86. The van der Waals surface area contributed by atoms with E-state index in [-0.39, 0.29) is 5.69 Å². The van der Waals surface area contributed by atoms with E-state index in [2.05, 4.69) is 4.98 Å². The highest BCUT2D eigenvalue weighted by Gasteiger charge is 2.13. The van der Waals surface area contributed by atoms with Crippen molar-refractivity contribution in [1.29, 1.82) is 0 Å². The number of nitrogens with zero attached hydrogens (tertiary/aromatic N) is 1. The molecule has 0 aliphatic heterocycles. The fourth-order valence-corrected chi connectivity index (χ4v) is 1.86.